The molecule has 2 saturated carbocycles. The van der Waals surface area contributed by atoms with Crippen LogP contribution < -0.4 is 0 Å². The van der Waals surface area contributed by atoms with Crippen LogP contribution in [-0.4, -0.2) is 13.2 Å². The fourth-order valence-electron chi connectivity index (χ4n) is 2.41. The molecule has 0 aromatic heterocycles. The minimum absolute atomic E-state index is 0.429. The first kappa shape index (κ1) is 7.11. The highest BCUT2D eigenvalue weighted by atomic mass is 16.5. The Balaban J connectivity index is 2.22. The Kier molecular flexibility index (Phi) is 1.43. The molecule has 0 unspecified atom stereocenters. The van der Waals surface area contributed by atoms with Gasteiger partial charge in [0.15, 0.2) is 0 Å². The van der Waals surface area contributed by atoms with Crippen LogP contribution in [0.4, 0.5) is 0 Å². The van der Waals surface area contributed by atoms with Gasteiger partial charge in [0.1, 0.15) is 0 Å². The number of hydrogen-bond donors (Lipinski definition) is 0. The van der Waals surface area contributed by atoms with Gasteiger partial charge in [0.2, 0.25) is 0 Å². The topological polar surface area (TPSA) is 9.23 Å². The van der Waals surface area contributed by atoms with Crippen LogP contribution in [0, 0.1) is 11.8 Å². The first-order valence-electron chi connectivity index (χ1n) is 4.14. The second kappa shape index (κ2) is 2.21. The molecule has 0 spiro atoms. The molecule has 3 atom stereocenters. The van der Waals surface area contributed by atoms with E-state index in [0.29, 0.717) is 17.9 Å². The molecule has 11 heavy (non-hydrogen) atoms. The van der Waals surface area contributed by atoms with Crippen molar-refractivity contribution in [3.05, 3.63) is 24.3 Å². The lowest BCUT2D eigenvalue weighted by atomic mass is 9.90. The molecule has 2 aliphatic carbocycles. The Morgan fingerprint density at radius 3 is 2.45 bits per heavy atom. The van der Waals surface area contributed by atoms with Gasteiger partial charge in [-0.05, 0) is 29.9 Å². The SMILES string of the molecule is C=C1C(=C)[C@H]2C[C@@H]1C[C@H]2OC. The molecule has 2 fully saturated rings. The molecule has 0 aromatic carbocycles. The molecule has 2 bridgehead atoms. The highest BCUT2D eigenvalue weighted by Gasteiger charge is 2.44. The summed E-state index contributed by atoms with van der Waals surface area (Å²) in [6.45, 7) is 8.07. The average molecular weight is 150 g/mol. The summed E-state index contributed by atoms with van der Waals surface area (Å²) in [5.74, 6) is 1.26. The fraction of sp³-hybridized carbons (Fsp3) is 0.600. The molecule has 2 rings (SSSR count). The second-order valence-corrected chi connectivity index (χ2v) is 3.60. The van der Waals surface area contributed by atoms with Gasteiger partial charge in [-0.2, -0.15) is 0 Å². The number of fused-ring (bicyclic) bond motifs is 2. The molecule has 2 aliphatic rings. The highest BCUT2D eigenvalue weighted by Crippen LogP contribution is 2.51. The predicted molar refractivity (Wildman–Crippen MR) is 45.3 cm³/mol. The number of ether oxygens (including phenoxy) is 1. The summed E-state index contributed by atoms with van der Waals surface area (Å²) in [6.07, 6.45) is 2.83. The quantitative estimate of drug-likeness (QED) is 0.556. The summed E-state index contributed by atoms with van der Waals surface area (Å²) in [5, 5.41) is 0. The molecule has 0 aromatic rings. The van der Waals surface area contributed by atoms with Gasteiger partial charge in [-0.25, -0.2) is 0 Å². The van der Waals surface area contributed by atoms with Crippen LogP contribution in [0.2, 0.25) is 0 Å². The molecule has 0 heterocycles. The van der Waals surface area contributed by atoms with Crippen LogP contribution in [0.1, 0.15) is 12.8 Å². The highest BCUT2D eigenvalue weighted by molar-refractivity contribution is 5.39. The molecule has 0 radical (unpaired) electrons. The van der Waals surface area contributed by atoms with E-state index in [4.69, 9.17) is 4.74 Å². The molecule has 0 aliphatic heterocycles. The van der Waals surface area contributed by atoms with Crippen molar-refractivity contribution >= 4 is 0 Å². The van der Waals surface area contributed by atoms with Crippen LogP contribution in [-0.2, 0) is 4.74 Å². The third-order valence-electron chi connectivity index (χ3n) is 3.16. The number of methoxy groups -OCH3 is 1. The van der Waals surface area contributed by atoms with Crippen LogP contribution >= 0.6 is 0 Å². The van der Waals surface area contributed by atoms with Crippen molar-refractivity contribution in [2.45, 2.75) is 18.9 Å². The molecule has 60 valence electrons. The van der Waals surface area contributed by atoms with Crippen LogP contribution in [0.25, 0.3) is 0 Å². The minimum Gasteiger partial charge on any atom is -0.381 e. The second-order valence-electron chi connectivity index (χ2n) is 3.60. The summed E-state index contributed by atoms with van der Waals surface area (Å²) < 4.78 is 5.36. The summed E-state index contributed by atoms with van der Waals surface area (Å²) in [5.41, 5.74) is 2.52. The van der Waals surface area contributed by atoms with Gasteiger partial charge in [0.05, 0.1) is 6.10 Å². The van der Waals surface area contributed by atoms with Gasteiger partial charge in [0.25, 0.3) is 0 Å². The van der Waals surface area contributed by atoms with E-state index in [-0.39, 0.29) is 0 Å². The van der Waals surface area contributed by atoms with E-state index < -0.39 is 0 Å². The smallest absolute Gasteiger partial charge is 0.0645 e. The van der Waals surface area contributed by atoms with Gasteiger partial charge in [-0.1, -0.05) is 13.2 Å². The molecule has 0 saturated heterocycles. The van der Waals surface area contributed by atoms with Gasteiger partial charge < -0.3 is 4.74 Å². The Morgan fingerprint density at radius 1 is 1.27 bits per heavy atom. The first-order valence-corrected chi connectivity index (χ1v) is 4.14. The van der Waals surface area contributed by atoms with E-state index in [2.05, 4.69) is 13.2 Å². The maximum atomic E-state index is 5.36. The number of hydrogen-bond acceptors (Lipinski definition) is 1. The zero-order valence-electron chi connectivity index (χ0n) is 6.97. The van der Waals surface area contributed by atoms with E-state index in [1.165, 1.54) is 24.0 Å². The normalized spacial score (nSPS) is 42.1. The summed E-state index contributed by atoms with van der Waals surface area (Å²) >= 11 is 0. The molecule has 0 amide bonds. The van der Waals surface area contributed by atoms with E-state index >= 15 is 0 Å². The third kappa shape index (κ3) is 0.807. The Labute approximate surface area is 67.7 Å². The van der Waals surface area contributed by atoms with Crippen molar-refractivity contribution in [2.24, 2.45) is 11.8 Å². The summed E-state index contributed by atoms with van der Waals surface area (Å²) in [6, 6.07) is 0. The van der Waals surface area contributed by atoms with Crippen LogP contribution in [0.15, 0.2) is 24.3 Å². The van der Waals surface area contributed by atoms with Gasteiger partial charge >= 0.3 is 0 Å². The average Bonchev–Trinajstić information content (AvgIpc) is 2.53. The third-order valence-corrected chi connectivity index (χ3v) is 3.16. The van der Waals surface area contributed by atoms with Crippen LogP contribution in [0.3, 0.4) is 0 Å². The molecular weight excluding hydrogens is 136 g/mol. The number of allylic oxidation sites excluding steroid dienone is 1. The first-order chi connectivity index (χ1) is 5.24. The van der Waals surface area contributed by atoms with E-state index in [1.54, 1.807) is 7.11 Å². The number of rotatable bonds is 1. The molecule has 1 heteroatoms. The van der Waals surface area contributed by atoms with Crippen molar-refractivity contribution in [2.75, 3.05) is 7.11 Å². The monoisotopic (exact) mass is 150 g/mol. The van der Waals surface area contributed by atoms with Crippen molar-refractivity contribution in [3.63, 3.8) is 0 Å². The van der Waals surface area contributed by atoms with E-state index in [9.17, 15) is 0 Å². The molecular formula is C10H14O. The lowest BCUT2D eigenvalue weighted by molar-refractivity contribution is 0.0781. The predicted octanol–water partition coefficient (Wildman–Crippen LogP) is 2.15. The maximum Gasteiger partial charge on any atom is 0.0645 e. The Morgan fingerprint density at radius 2 is 2.00 bits per heavy atom. The van der Waals surface area contributed by atoms with Crippen molar-refractivity contribution in [1.29, 1.82) is 0 Å². The maximum absolute atomic E-state index is 5.36. The summed E-state index contributed by atoms with van der Waals surface area (Å²) in [7, 11) is 1.79. The molecule has 1 nitrogen and oxygen atoms in total. The minimum atomic E-state index is 0.429. The van der Waals surface area contributed by atoms with Crippen LogP contribution in [0.5, 0.6) is 0 Å². The Hall–Kier alpha value is -0.560. The zero-order chi connectivity index (χ0) is 8.01. The van der Waals surface area contributed by atoms with Crippen molar-refractivity contribution in [3.8, 4) is 0 Å². The fourth-order valence-corrected chi connectivity index (χ4v) is 2.41. The molecule has 0 N–H and O–H groups in total. The summed E-state index contributed by atoms with van der Waals surface area (Å²) in [4.78, 5) is 0. The van der Waals surface area contributed by atoms with Gasteiger partial charge in [-0.3, -0.25) is 0 Å². The largest absolute Gasteiger partial charge is 0.381 e. The lowest BCUT2D eigenvalue weighted by Gasteiger charge is -2.23. The van der Waals surface area contributed by atoms with Gasteiger partial charge in [0, 0.05) is 13.0 Å². The van der Waals surface area contributed by atoms with Crippen molar-refractivity contribution < 1.29 is 4.74 Å². The standard InChI is InChI=1S/C10H14O/c1-6-7(2)9-4-8(6)5-10(9)11-3/h8-10H,1-2,4-5H2,3H3/t8-,9-,10-/m1/s1. The van der Waals surface area contributed by atoms with E-state index in [0.717, 1.165) is 0 Å². The lowest BCUT2D eigenvalue weighted by Crippen LogP contribution is -2.20. The van der Waals surface area contributed by atoms with Gasteiger partial charge in [-0.15, -0.1) is 0 Å². The Bertz CT molecular complexity index is 217. The van der Waals surface area contributed by atoms with Crippen molar-refractivity contribution in [1.82, 2.24) is 0 Å². The zero-order valence-corrected chi connectivity index (χ0v) is 6.97. The van der Waals surface area contributed by atoms with E-state index in [1.807, 2.05) is 0 Å².